The van der Waals surface area contributed by atoms with Crippen molar-refractivity contribution < 1.29 is 4.74 Å². The molecule has 5 heteroatoms. The molecular weight excluding hydrogens is 216 g/mol. The van der Waals surface area contributed by atoms with Gasteiger partial charge in [-0.05, 0) is 19.8 Å². The number of hydrogen-bond acceptors (Lipinski definition) is 5. The summed E-state index contributed by atoms with van der Waals surface area (Å²) in [5, 5.41) is 6.56. The van der Waals surface area contributed by atoms with Crippen LogP contribution in [0.15, 0.2) is 12.4 Å². The fourth-order valence-electron chi connectivity index (χ4n) is 1.41. The maximum absolute atomic E-state index is 5.04. The normalized spacial score (nSPS) is 12.2. The molecule has 0 fully saturated rings. The van der Waals surface area contributed by atoms with Gasteiger partial charge in [0.15, 0.2) is 0 Å². The van der Waals surface area contributed by atoms with E-state index < -0.39 is 0 Å². The summed E-state index contributed by atoms with van der Waals surface area (Å²) in [5.41, 5.74) is 0. The fraction of sp³-hybridized carbons (Fsp3) is 0.667. The summed E-state index contributed by atoms with van der Waals surface area (Å²) < 4.78 is 5.04. The third-order valence-electron chi connectivity index (χ3n) is 2.37. The van der Waals surface area contributed by atoms with Crippen molar-refractivity contribution in [1.82, 2.24) is 9.97 Å². The molecule has 0 radical (unpaired) electrons. The Morgan fingerprint density at radius 1 is 1.35 bits per heavy atom. The molecular formula is C12H22N4O. The molecule has 5 nitrogen and oxygen atoms in total. The summed E-state index contributed by atoms with van der Waals surface area (Å²) in [6.07, 6.45) is 3.61. The summed E-state index contributed by atoms with van der Waals surface area (Å²) in [7, 11) is 1.71. The monoisotopic (exact) mass is 238 g/mol. The zero-order valence-corrected chi connectivity index (χ0v) is 10.9. The minimum atomic E-state index is 0.337. The van der Waals surface area contributed by atoms with Crippen molar-refractivity contribution >= 4 is 11.6 Å². The van der Waals surface area contributed by atoms with Gasteiger partial charge in [0.05, 0.1) is 0 Å². The lowest BCUT2D eigenvalue weighted by Crippen LogP contribution is -2.18. The maximum Gasteiger partial charge on any atom is 0.131 e. The summed E-state index contributed by atoms with van der Waals surface area (Å²) in [4.78, 5) is 8.35. The van der Waals surface area contributed by atoms with Crippen LogP contribution in [0.5, 0.6) is 0 Å². The van der Waals surface area contributed by atoms with Crippen LogP contribution in [-0.2, 0) is 4.74 Å². The van der Waals surface area contributed by atoms with E-state index in [2.05, 4.69) is 34.4 Å². The highest BCUT2D eigenvalue weighted by Crippen LogP contribution is 2.10. The number of anilines is 2. The Labute approximate surface area is 103 Å². The van der Waals surface area contributed by atoms with Crippen LogP contribution in [0.3, 0.4) is 0 Å². The first-order valence-corrected chi connectivity index (χ1v) is 6.07. The van der Waals surface area contributed by atoms with E-state index in [4.69, 9.17) is 4.74 Å². The first-order chi connectivity index (χ1) is 8.26. The molecule has 1 atom stereocenters. The van der Waals surface area contributed by atoms with Gasteiger partial charge in [-0.15, -0.1) is 0 Å². The molecule has 0 saturated carbocycles. The molecule has 1 aromatic rings. The summed E-state index contributed by atoms with van der Waals surface area (Å²) >= 11 is 0. The third kappa shape index (κ3) is 5.49. The van der Waals surface area contributed by atoms with Gasteiger partial charge >= 0.3 is 0 Å². The van der Waals surface area contributed by atoms with Crippen LogP contribution in [0.1, 0.15) is 26.7 Å². The molecule has 1 unspecified atom stereocenters. The van der Waals surface area contributed by atoms with Crippen LogP contribution in [0.4, 0.5) is 11.6 Å². The molecule has 1 aromatic heterocycles. The number of nitrogens with one attached hydrogen (secondary N) is 2. The highest BCUT2D eigenvalue weighted by atomic mass is 16.5. The van der Waals surface area contributed by atoms with Crippen LogP contribution >= 0.6 is 0 Å². The van der Waals surface area contributed by atoms with Crippen molar-refractivity contribution in [2.45, 2.75) is 32.7 Å². The van der Waals surface area contributed by atoms with E-state index in [1.807, 2.05) is 6.07 Å². The first kappa shape index (κ1) is 13.7. The highest BCUT2D eigenvalue weighted by Gasteiger charge is 2.03. The van der Waals surface area contributed by atoms with Gasteiger partial charge in [0.1, 0.15) is 18.0 Å². The van der Waals surface area contributed by atoms with Crippen LogP contribution in [0.25, 0.3) is 0 Å². The lowest BCUT2D eigenvalue weighted by Gasteiger charge is -2.14. The first-order valence-electron chi connectivity index (χ1n) is 6.07. The van der Waals surface area contributed by atoms with E-state index in [1.165, 1.54) is 0 Å². The lowest BCUT2D eigenvalue weighted by molar-refractivity contribution is 0.191. The predicted molar refractivity (Wildman–Crippen MR) is 70.4 cm³/mol. The van der Waals surface area contributed by atoms with Gasteiger partial charge in [0.2, 0.25) is 0 Å². The van der Waals surface area contributed by atoms with Crippen LogP contribution < -0.4 is 10.6 Å². The molecule has 2 N–H and O–H groups in total. The quantitative estimate of drug-likeness (QED) is 0.726. The minimum Gasteiger partial charge on any atom is -0.385 e. The van der Waals surface area contributed by atoms with Gasteiger partial charge in [0.25, 0.3) is 0 Å². The summed E-state index contributed by atoms with van der Waals surface area (Å²) in [6, 6.07) is 2.27. The van der Waals surface area contributed by atoms with E-state index in [9.17, 15) is 0 Å². The largest absolute Gasteiger partial charge is 0.385 e. The highest BCUT2D eigenvalue weighted by molar-refractivity contribution is 5.46. The molecule has 1 rings (SSSR count). The zero-order chi connectivity index (χ0) is 12.5. The fourth-order valence-corrected chi connectivity index (χ4v) is 1.41. The van der Waals surface area contributed by atoms with E-state index >= 15 is 0 Å². The van der Waals surface area contributed by atoms with E-state index in [-0.39, 0.29) is 0 Å². The molecule has 0 aliphatic heterocycles. The van der Waals surface area contributed by atoms with Crippen molar-refractivity contribution in [3.63, 3.8) is 0 Å². The van der Waals surface area contributed by atoms with Crippen molar-refractivity contribution in [1.29, 1.82) is 0 Å². The molecule has 0 aromatic carbocycles. The van der Waals surface area contributed by atoms with Crippen LogP contribution in [0, 0.1) is 0 Å². The second-order valence-electron chi connectivity index (χ2n) is 4.04. The number of ether oxygens (including phenoxy) is 1. The Morgan fingerprint density at radius 3 is 2.82 bits per heavy atom. The van der Waals surface area contributed by atoms with Gasteiger partial charge in [0, 0.05) is 32.4 Å². The molecule has 0 saturated heterocycles. The average Bonchev–Trinajstić information content (AvgIpc) is 2.34. The molecule has 1 heterocycles. The average molecular weight is 238 g/mol. The van der Waals surface area contributed by atoms with Gasteiger partial charge in [-0.2, -0.15) is 0 Å². The number of methoxy groups -OCH3 is 1. The van der Waals surface area contributed by atoms with Crippen molar-refractivity contribution in [3.05, 3.63) is 12.4 Å². The molecule has 0 amide bonds. The van der Waals surface area contributed by atoms with E-state index in [1.54, 1.807) is 13.4 Å². The van der Waals surface area contributed by atoms with Gasteiger partial charge < -0.3 is 15.4 Å². The SMILES string of the molecule is CCCNc1cc(NC(C)CCOC)ncn1. The molecule has 0 bridgehead atoms. The molecule has 0 aliphatic rings. The standard InChI is InChI=1S/C12H22N4O/c1-4-6-13-11-8-12(15-9-14-11)16-10(2)5-7-17-3/h8-10H,4-7H2,1-3H3,(H2,13,14,15,16). The Kier molecular flexibility index (Phi) is 6.32. The number of hydrogen-bond donors (Lipinski definition) is 2. The lowest BCUT2D eigenvalue weighted by atomic mass is 10.2. The van der Waals surface area contributed by atoms with Crippen LogP contribution in [-0.4, -0.2) is 36.3 Å². The third-order valence-corrected chi connectivity index (χ3v) is 2.37. The van der Waals surface area contributed by atoms with E-state index in [0.717, 1.165) is 37.6 Å². The van der Waals surface area contributed by atoms with Crippen LogP contribution in [0.2, 0.25) is 0 Å². The topological polar surface area (TPSA) is 59.1 Å². The Bertz CT molecular complexity index is 319. The maximum atomic E-state index is 5.04. The van der Waals surface area contributed by atoms with Gasteiger partial charge in [-0.3, -0.25) is 0 Å². The summed E-state index contributed by atoms with van der Waals surface area (Å²) in [6.45, 7) is 5.91. The van der Waals surface area contributed by atoms with Gasteiger partial charge in [-0.25, -0.2) is 9.97 Å². The van der Waals surface area contributed by atoms with Crippen molar-refractivity contribution in [3.8, 4) is 0 Å². The Balaban J connectivity index is 2.47. The molecule has 0 spiro atoms. The zero-order valence-electron chi connectivity index (χ0n) is 10.9. The second-order valence-corrected chi connectivity index (χ2v) is 4.04. The minimum absolute atomic E-state index is 0.337. The number of rotatable bonds is 8. The summed E-state index contributed by atoms with van der Waals surface area (Å²) in [5.74, 6) is 1.71. The van der Waals surface area contributed by atoms with Crippen molar-refractivity contribution in [2.24, 2.45) is 0 Å². The second kappa shape index (κ2) is 7.84. The van der Waals surface area contributed by atoms with E-state index in [0.29, 0.717) is 6.04 Å². The smallest absolute Gasteiger partial charge is 0.131 e. The van der Waals surface area contributed by atoms with Crippen molar-refractivity contribution in [2.75, 3.05) is 30.9 Å². The Morgan fingerprint density at radius 2 is 2.12 bits per heavy atom. The predicted octanol–water partition coefficient (Wildman–Crippen LogP) is 2.14. The molecule has 0 aliphatic carbocycles. The Hall–Kier alpha value is -1.36. The van der Waals surface area contributed by atoms with Gasteiger partial charge in [-0.1, -0.05) is 6.92 Å². The number of aromatic nitrogens is 2. The molecule has 96 valence electrons. The number of nitrogens with zero attached hydrogens (tertiary/aromatic N) is 2. The molecule has 17 heavy (non-hydrogen) atoms.